The molecule has 0 fully saturated rings. The number of hydrogen-bond acceptors (Lipinski definition) is 0. The van der Waals surface area contributed by atoms with Gasteiger partial charge < -0.3 is 0 Å². The Balaban J connectivity index is 4.25. The fourth-order valence-electron chi connectivity index (χ4n) is 1.28. The summed E-state index contributed by atoms with van der Waals surface area (Å²) in [6.07, 6.45) is 0. The predicted octanol–water partition coefficient (Wildman–Crippen LogP) is 3.06. The summed E-state index contributed by atoms with van der Waals surface area (Å²) in [5, 5.41) is 0. The molecule has 0 saturated carbocycles. The fraction of sp³-hybridized carbons (Fsp3) is 0.778. The van der Waals surface area contributed by atoms with E-state index in [1.807, 2.05) is 6.92 Å². The zero-order chi connectivity index (χ0) is 8.04. The molecule has 0 unspecified atom stereocenters. The molecule has 0 bridgehead atoms. The van der Waals surface area contributed by atoms with E-state index in [2.05, 4.69) is 30.6 Å². The molecule has 0 aliphatic heterocycles. The molecule has 0 rings (SSSR count). The first kappa shape index (κ1) is 10.4. The van der Waals surface area contributed by atoms with Crippen molar-refractivity contribution < 1.29 is 0 Å². The summed E-state index contributed by atoms with van der Waals surface area (Å²) < 4.78 is 7.68. The van der Waals surface area contributed by atoms with Gasteiger partial charge in [-0.1, -0.05) is 0 Å². The van der Waals surface area contributed by atoms with Crippen molar-refractivity contribution in [3.05, 3.63) is 0 Å². The first-order chi connectivity index (χ1) is 4.74. The van der Waals surface area contributed by atoms with Crippen molar-refractivity contribution in [2.45, 2.75) is 41.0 Å². The third kappa shape index (κ3) is 2.54. The molecule has 0 aliphatic carbocycles. The first-order valence-corrected chi connectivity index (χ1v) is 11.7. The normalized spacial score (nSPS) is 10.4. The monoisotopic (exact) mass is 246 g/mol. The van der Waals surface area contributed by atoms with Gasteiger partial charge in [-0.25, -0.2) is 0 Å². The van der Waals surface area contributed by atoms with E-state index >= 15 is 0 Å². The SMILES string of the molecule is CC#[C][Sn]([CH2]C)([CH2]C)[CH2]C. The van der Waals surface area contributed by atoms with Crippen molar-refractivity contribution >= 4 is 18.4 Å². The minimum atomic E-state index is -1.79. The Morgan fingerprint density at radius 2 is 1.40 bits per heavy atom. The van der Waals surface area contributed by atoms with Gasteiger partial charge in [0.1, 0.15) is 0 Å². The first-order valence-electron chi connectivity index (χ1n) is 4.18. The molecule has 1 heteroatoms. The molecular weight excluding hydrogens is 227 g/mol. The molecule has 0 amide bonds. The summed E-state index contributed by atoms with van der Waals surface area (Å²) in [7, 11) is 0. The van der Waals surface area contributed by atoms with E-state index in [0.717, 1.165) is 0 Å². The average Bonchev–Trinajstić information content (AvgIpc) is 2.01. The fourth-order valence-corrected chi connectivity index (χ4v) is 8.59. The van der Waals surface area contributed by atoms with Crippen LogP contribution < -0.4 is 0 Å². The van der Waals surface area contributed by atoms with Crippen LogP contribution in [0.25, 0.3) is 0 Å². The van der Waals surface area contributed by atoms with Gasteiger partial charge >= 0.3 is 69.2 Å². The quantitative estimate of drug-likeness (QED) is 0.529. The van der Waals surface area contributed by atoms with Gasteiger partial charge in [0.2, 0.25) is 0 Å². The molecule has 0 aliphatic rings. The van der Waals surface area contributed by atoms with Crippen LogP contribution in [-0.2, 0) is 0 Å². The van der Waals surface area contributed by atoms with Gasteiger partial charge in [-0.05, 0) is 0 Å². The van der Waals surface area contributed by atoms with Gasteiger partial charge in [0.25, 0.3) is 0 Å². The second-order valence-corrected chi connectivity index (χ2v) is 16.8. The summed E-state index contributed by atoms with van der Waals surface area (Å²) in [5.41, 5.74) is 0. The summed E-state index contributed by atoms with van der Waals surface area (Å²) in [5.74, 6) is 3.10. The predicted molar refractivity (Wildman–Crippen MR) is 50.6 cm³/mol. The Morgan fingerprint density at radius 3 is 1.50 bits per heavy atom. The second kappa shape index (κ2) is 5.07. The van der Waals surface area contributed by atoms with Crippen molar-refractivity contribution in [2.75, 3.05) is 0 Å². The van der Waals surface area contributed by atoms with Crippen molar-refractivity contribution in [3.8, 4) is 9.86 Å². The van der Waals surface area contributed by atoms with Crippen LogP contribution >= 0.6 is 0 Å². The van der Waals surface area contributed by atoms with Crippen molar-refractivity contribution in [1.29, 1.82) is 0 Å². The Labute approximate surface area is 69.3 Å². The van der Waals surface area contributed by atoms with E-state index < -0.39 is 18.4 Å². The van der Waals surface area contributed by atoms with Crippen molar-refractivity contribution in [2.24, 2.45) is 0 Å². The summed E-state index contributed by atoms with van der Waals surface area (Å²) >= 11 is -1.79. The number of hydrogen-bond donors (Lipinski definition) is 0. The van der Waals surface area contributed by atoms with Crippen molar-refractivity contribution in [1.82, 2.24) is 0 Å². The molecule has 0 radical (unpaired) electrons. The zero-order valence-electron chi connectivity index (χ0n) is 7.62. The average molecular weight is 245 g/mol. The molecule has 0 nitrogen and oxygen atoms in total. The van der Waals surface area contributed by atoms with Gasteiger partial charge in [0.15, 0.2) is 0 Å². The second-order valence-electron chi connectivity index (χ2n) is 2.72. The molecule has 0 aromatic carbocycles. The standard InChI is InChI=1S/C3H3.3C2H5.Sn/c1-3-2;3*1-2;/h1H3;3*1H2,2H3;. The van der Waals surface area contributed by atoms with Crippen LogP contribution in [0, 0.1) is 9.86 Å². The molecular formula is C9H18Sn. The Kier molecular flexibility index (Phi) is 5.25. The maximum atomic E-state index is 3.51. The van der Waals surface area contributed by atoms with Crippen LogP contribution in [0.5, 0.6) is 0 Å². The van der Waals surface area contributed by atoms with E-state index in [0.29, 0.717) is 0 Å². The maximum absolute atomic E-state index is 3.51. The van der Waals surface area contributed by atoms with E-state index in [1.165, 1.54) is 13.3 Å². The Hall–Kier alpha value is 0.359. The zero-order valence-corrected chi connectivity index (χ0v) is 10.5. The molecule has 0 atom stereocenters. The molecule has 0 N–H and O–H groups in total. The van der Waals surface area contributed by atoms with Crippen LogP contribution in [0.1, 0.15) is 27.7 Å². The third-order valence-electron chi connectivity index (χ3n) is 2.42. The van der Waals surface area contributed by atoms with Crippen LogP contribution in [0.2, 0.25) is 13.3 Å². The van der Waals surface area contributed by atoms with Gasteiger partial charge in [-0.15, -0.1) is 0 Å². The van der Waals surface area contributed by atoms with Crippen molar-refractivity contribution in [3.63, 3.8) is 0 Å². The van der Waals surface area contributed by atoms with Gasteiger partial charge in [-0.2, -0.15) is 0 Å². The molecule has 0 heterocycles. The molecule has 0 spiro atoms. The van der Waals surface area contributed by atoms with Crippen LogP contribution in [0.4, 0.5) is 0 Å². The van der Waals surface area contributed by atoms with Crippen LogP contribution in [0.15, 0.2) is 0 Å². The third-order valence-corrected chi connectivity index (χ3v) is 16.2. The van der Waals surface area contributed by atoms with E-state index in [4.69, 9.17) is 0 Å². The molecule has 0 aromatic heterocycles. The Morgan fingerprint density at radius 1 is 1.00 bits per heavy atom. The number of rotatable bonds is 3. The summed E-state index contributed by atoms with van der Waals surface area (Å²) in [6.45, 7) is 8.92. The van der Waals surface area contributed by atoms with Gasteiger partial charge in [0.05, 0.1) is 0 Å². The minimum absolute atomic E-state index is 1.39. The topological polar surface area (TPSA) is 0 Å². The van der Waals surface area contributed by atoms with Gasteiger partial charge in [-0.3, -0.25) is 0 Å². The van der Waals surface area contributed by atoms with Crippen LogP contribution in [-0.4, -0.2) is 18.4 Å². The summed E-state index contributed by atoms with van der Waals surface area (Å²) in [4.78, 5) is 0. The molecule has 0 saturated heterocycles. The van der Waals surface area contributed by atoms with E-state index in [1.54, 1.807) is 0 Å². The summed E-state index contributed by atoms with van der Waals surface area (Å²) in [6, 6.07) is 0. The molecule has 0 aromatic rings. The van der Waals surface area contributed by atoms with Crippen LogP contribution in [0.3, 0.4) is 0 Å². The van der Waals surface area contributed by atoms with E-state index in [-0.39, 0.29) is 0 Å². The van der Waals surface area contributed by atoms with Gasteiger partial charge in [0, 0.05) is 0 Å². The Bertz CT molecular complexity index is 126. The van der Waals surface area contributed by atoms with E-state index in [9.17, 15) is 0 Å². The molecule has 10 heavy (non-hydrogen) atoms. The molecule has 58 valence electrons.